The summed E-state index contributed by atoms with van der Waals surface area (Å²) in [6.07, 6.45) is -6.18. The Labute approximate surface area is 185 Å². The van der Waals surface area contributed by atoms with Crippen LogP contribution in [0, 0.1) is 11.7 Å². The Bertz CT molecular complexity index is 1230. The van der Waals surface area contributed by atoms with Gasteiger partial charge in [0.2, 0.25) is 5.91 Å². The highest BCUT2D eigenvalue weighted by molar-refractivity contribution is 6.24. The van der Waals surface area contributed by atoms with Crippen LogP contribution in [0.3, 0.4) is 0 Å². The Morgan fingerprint density at radius 1 is 0.788 bits per heavy atom. The molecule has 2 aliphatic heterocycles. The fraction of sp³-hybridized carbons (Fsp3) is 0.167. The number of carbonyl (C=O) groups excluding carboxylic acids is 2. The molecule has 2 saturated heterocycles. The summed E-state index contributed by atoms with van der Waals surface area (Å²) in [4.78, 5) is 33.0. The Morgan fingerprint density at radius 2 is 1.42 bits per heavy atom. The van der Waals surface area contributed by atoms with Crippen LogP contribution in [0.15, 0.2) is 78.9 Å². The number of hydrogen-bond acceptors (Lipinski definition) is 4. The van der Waals surface area contributed by atoms with Crippen molar-refractivity contribution in [3.63, 3.8) is 0 Å². The van der Waals surface area contributed by atoms with E-state index in [0.29, 0.717) is 10.6 Å². The number of para-hydroxylation sites is 2. The average Bonchev–Trinajstić information content (AvgIpc) is 3.30. The Morgan fingerprint density at radius 3 is 2.12 bits per heavy atom. The van der Waals surface area contributed by atoms with Crippen LogP contribution in [0.25, 0.3) is 0 Å². The molecule has 3 aromatic carbocycles. The molecule has 9 heteroatoms. The summed E-state index contributed by atoms with van der Waals surface area (Å²) in [5.74, 6) is -3.67. The maximum atomic E-state index is 14.8. The molecule has 0 saturated carbocycles. The second-order valence-corrected chi connectivity index (χ2v) is 7.71. The molecule has 33 heavy (non-hydrogen) atoms. The maximum Gasteiger partial charge on any atom is 0.418 e. The highest BCUT2D eigenvalue weighted by atomic mass is 19.4. The van der Waals surface area contributed by atoms with Crippen molar-refractivity contribution in [3.8, 4) is 0 Å². The molecule has 0 unspecified atom stereocenters. The van der Waals surface area contributed by atoms with Crippen molar-refractivity contribution in [1.82, 2.24) is 0 Å². The summed E-state index contributed by atoms with van der Waals surface area (Å²) < 4.78 is 55.6. The van der Waals surface area contributed by atoms with Crippen LogP contribution in [0.1, 0.15) is 17.2 Å². The normalized spacial score (nSPS) is 22.7. The summed E-state index contributed by atoms with van der Waals surface area (Å²) in [5, 5.41) is 1.29. The lowest BCUT2D eigenvalue weighted by molar-refractivity contribution is -0.137. The summed E-state index contributed by atoms with van der Waals surface area (Å²) in [6, 6.07) is 17.5. The fourth-order valence-electron chi connectivity index (χ4n) is 4.39. The minimum absolute atomic E-state index is 0.0981. The largest absolute Gasteiger partial charge is 0.418 e. The molecule has 2 heterocycles. The number of imide groups is 1. The van der Waals surface area contributed by atoms with Crippen LogP contribution in [-0.4, -0.2) is 17.9 Å². The number of hydroxylamine groups is 1. The van der Waals surface area contributed by atoms with Crippen LogP contribution in [0.2, 0.25) is 0 Å². The van der Waals surface area contributed by atoms with Gasteiger partial charge in [-0.05, 0) is 30.3 Å². The van der Waals surface area contributed by atoms with Crippen molar-refractivity contribution in [3.05, 3.63) is 95.8 Å². The monoisotopic (exact) mass is 456 g/mol. The Kier molecular flexibility index (Phi) is 4.93. The lowest BCUT2D eigenvalue weighted by Crippen LogP contribution is -2.38. The number of fused-ring (bicyclic) bond motifs is 1. The molecule has 2 aliphatic rings. The number of hydrogen-bond donors (Lipinski definition) is 0. The SMILES string of the molecule is O=C1[C@@H]2[C@@H](c3ccccc3F)N(c3ccccc3)O[C@H]2C(=O)N1c1ccccc1C(F)(F)F. The second kappa shape index (κ2) is 7.70. The Hall–Kier alpha value is -3.72. The molecule has 0 aliphatic carbocycles. The first-order chi connectivity index (χ1) is 15.8. The van der Waals surface area contributed by atoms with Crippen LogP contribution in [0.5, 0.6) is 0 Å². The zero-order valence-electron chi connectivity index (χ0n) is 16.9. The van der Waals surface area contributed by atoms with Gasteiger partial charge in [-0.2, -0.15) is 13.2 Å². The number of halogens is 4. The zero-order valence-corrected chi connectivity index (χ0v) is 16.9. The minimum Gasteiger partial charge on any atom is -0.273 e. The van der Waals surface area contributed by atoms with E-state index in [4.69, 9.17) is 4.84 Å². The highest BCUT2D eigenvalue weighted by Gasteiger charge is 2.61. The molecule has 5 rings (SSSR count). The molecule has 0 aromatic heterocycles. The van der Waals surface area contributed by atoms with E-state index in [0.717, 1.165) is 12.1 Å². The van der Waals surface area contributed by atoms with E-state index in [9.17, 15) is 27.2 Å². The number of alkyl halides is 3. The van der Waals surface area contributed by atoms with E-state index in [2.05, 4.69) is 0 Å². The topological polar surface area (TPSA) is 49.9 Å². The number of nitrogens with zero attached hydrogens (tertiary/aromatic N) is 2. The molecule has 3 aromatic rings. The zero-order chi connectivity index (χ0) is 23.3. The van der Waals surface area contributed by atoms with Crippen molar-refractivity contribution in [2.75, 3.05) is 9.96 Å². The fourth-order valence-corrected chi connectivity index (χ4v) is 4.39. The predicted octanol–water partition coefficient (Wildman–Crippen LogP) is 4.90. The van der Waals surface area contributed by atoms with Crippen molar-refractivity contribution in [1.29, 1.82) is 0 Å². The van der Waals surface area contributed by atoms with Gasteiger partial charge in [0.15, 0.2) is 6.10 Å². The van der Waals surface area contributed by atoms with Gasteiger partial charge in [-0.3, -0.25) is 14.4 Å². The molecule has 0 N–H and O–H groups in total. The number of rotatable bonds is 3. The summed E-state index contributed by atoms with van der Waals surface area (Å²) in [5.41, 5.74) is -1.12. The van der Waals surface area contributed by atoms with Crippen LogP contribution >= 0.6 is 0 Å². The van der Waals surface area contributed by atoms with E-state index in [1.165, 1.54) is 35.4 Å². The lowest BCUT2D eigenvalue weighted by atomic mass is 9.90. The highest BCUT2D eigenvalue weighted by Crippen LogP contribution is 2.49. The summed E-state index contributed by atoms with van der Waals surface area (Å²) >= 11 is 0. The smallest absolute Gasteiger partial charge is 0.273 e. The van der Waals surface area contributed by atoms with Gasteiger partial charge in [0.05, 0.1) is 23.0 Å². The number of benzene rings is 3. The van der Waals surface area contributed by atoms with Crippen molar-refractivity contribution in [2.24, 2.45) is 5.92 Å². The minimum atomic E-state index is -4.78. The van der Waals surface area contributed by atoms with Gasteiger partial charge in [-0.25, -0.2) is 14.4 Å². The third kappa shape index (κ3) is 3.36. The molecule has 168 valence electrons. The first-order valence-corrected chi connectivity index (χ1v) is 10.1. The molecule has 5 nitrogen and oxygen atoms in total. The van der Waals surface area contributed by atoms with E-state index in [1.54, 1.807) is 36.4 Å². The first kappa shape index (κ1) is 21.1. The van der Waals surface area contributed by atoms with Crippen molar-refractivity contribution < 1.29 is 32.0 Å². The average molecular weight is 456 g/mol. The van der Waals surface area contributed by atoms with Gasteiger partial charge in [-0.1, -0.05) is 48.5 Å². The van der Waals surface area contributed by atoms with Crippen LogP contribution in [-0.2, 0) is 20.6 Å². The molecule has 0 bridgehead atoms. The molecular weight excluding hydrogens is 440 g/mol. The summed E-state index contributed by atoms with van der Waals surface area (Å²) in [7, 11) is 0. The van der Waals surface area contributed by atoms with Crippen molar-refractivity contribution >= 4 is 23.2 Å². The third-order valence-electron chi connectivity index (χ3n) is 5.80. The van der Waals surface area contributed by atoms with Crippen LogP contribution in [0.4, 0.5) is 28.9 Å². The quantitative estimate of drug-likeness (QED) is 0.416. The molecule has 2 amide bonds. The molecule has 3 atom stereocenters. The van der Waals surface area contributed by atoms with E-state index >= 15 is 0 Å². The standard InChI is InChI=1S/C24H16F4N2O3/c25-17-12-6-4-10-15(17)20-19-21(33-30(20)14-8-2-1-3-9-14)23(32)29(22(19)31)18-13-7-5-11-16(18)24(26,27)28/h1-13,19-21H/t19-,20-,21-/m1/s1. The van der Waals surface area contributed by atoms with Gasteiger partial charge in [0.1, 0.15) is 11.7 Å². The van der Waals surface area contributed by atoms with Gasteiger partial charge < -0.3 is 0 Å². The van der Waals surface area contributed by atoms with Gasteiger partial charge in [0.25, 0.3) is 5.91 Å². The molecule has 0 radical (unpaired) electrons. The number of anilines is 2. The molecule has 0 spiro atoms. The van der Waals surface area contributed by atoms with Gasteiger partial charge >= 0.3 is 6.18 Å². The molecular formula is C24H16F4N2O3. The number of carbonyl (C=O) groups is 2. The van der Waals surface area contributed by atoms with E-state index in [-0.39, 0.29) is 5.56 Å². The Balaban J connectivity index is 1.62. The number of amides is 2. The lowest BCUT2D eigenvalue weighted by Gasteiger charge is -2.29. The summed E-state index contributed by atoms with van der Waals surface area (Å²) in [6.45, 7) is 0. The maximum absolute atomic E-state index is 14.8. The first-order valence-electron chi connectivity index (χ1n) is 10.1. The van der Waals surface area contributed by atoms with Crippen LogP contribution < -0.4 is 9.96 Å². The predicted molar refractivity (Wildman–Crippen MR) is 110 cm³/mol. The second-order valence-electron chi connectivity index (χ2n) is 7.71. The van der Waals surface area contributed by atoms with E-state index < -0.39 is 53.1 Å². The van der Waals surface area contributed by atoms with E-state index in [1.807, 2.05) is 0 Å². The molecule has 2 fully saturated rings. The van der Waals surface area contributed by atoms with Crippen molar-refractivity contribution in [2.45, 2.75) is 18.3 Å². The third-order valence-corrected chi connectivity index (χ3v) is 5.80. The van der Waals surface area contributed by atoms with Gasteiger partial charge in [-0.15, -0.1) is 0 Å². The van der Waals surface area contributed by atoms with Gasteiger partial charge in [0, 0.05) is 5.56 Å².